The van der Waals surface area contributed by atoms with Crippen molar-refractivity contribution in [2.75, 3.05) is 25.4 Å². The van der Waals surface area contributed by atoms with Crippen LogP contribution in [0.5, 0.6) is 0 Å². The van der Waals surface area contributed by atoms with Crippen LogP contribution in [0.1, 0.15) is 26.2 Å². The Balaban J connectivity index is 1.59. The van der Waals surface area contributed by atoms with Crippen molar-refractivity contribution in [1.82, 2.24) is 25.0 Å². The molecule has 0 unspecified atom stereocenters. The molecule has 1 aliphatic heterocycles. The third-order valence-electron chi connectivity index (χ3n) is 4.77. The minimum absolute atomic E-state index is 0.00192. The smallest absolute Gasteiger partial charge is 0.230 e. The average molecular weight is 423 g/mol. The molecule has 0 radical (unpaired) electrons. The maximum Gasteiger partial charge on any atom is 0.230 e. The van der Waals surface area contributed by atoms with Crippen molar-refractivity contribution < 1.29 is 9.59 Å². The van der Waals surface area contributed by atoms with Gasteiger partial charge in [0.05, 0.1) is 10.6 Å². The van der Waals surface area contributed by atoms with Crippen molar-refractivity contribution in [2.45, 2.75) is 43.9 Å². The lowest BCUT2D eigenvalue weighted by Crippen LogP contribution is -2.45. The second-order valence-corrected chi connectivity index (χ2v) is 8.61. The second kappa shape index (κ2) is 10.0. The van der Waals surface area contributed by atoms with Gasteiger partial charge in [0.15, 0.2) is 11.0 Å². The number of thiophene rings is 1. The predicted molar refractivity (Wildman–Crippen MR) is 111 cm³/mol. The topological polar surface area (TPSA) is 106 Å². The van der Waals surface area contributed by atoms with Crippen LogP contribution < -0.4 is 11.1 Å². The third kappa shape index (κ3) is 5.55. The molecule has 3 heterocycles. The van der Waals surface area contributed by atoms with Crippen LogP contribution in [-0.4, -0.2) is 62.9 Å². The van der Waals surface area contributed by atoms with E-state index >= 15 is 0 Å². The number of hydrogen-bond donors (Lipinski definition) is 2. The molecule has 0 atom stereocenters. The monoisotopic (exact) mass is 422 g/mol. The Morgan fingerprint density at radius 3 is 2.79 bits per heavy atom. The lowest BCUT2D eigenvalue weighted by molar-refractivity contribution is -0.120. The Morgan fingerprint density at radius 2 is 2.14 bits per heavy atom. The predicted octanol–water partition coefficient (Wildman–Crippen LogP) is 1.57. The maximum absolute atomic E-state index is 12.4. The van der Waals surface area contributed by atoms with E-state index in [4.69, 9.17) is 5.73 Å². The Kier molecular flexibility index (Phi) is 7.46. The van der Waals surface area contributed by atoms with E-state index in [1.165, 1.54) is 11.8 Å². The molecule has 2 aromatic rings. The lowest BCUT2D eigenvalue weighted by Gasteiger charge is -2.31. The van der Waals surface area contributed by atoms with Crippen LogP contribution in [0.4, 0.5) is 0 Å². The molecule has 8 nitrogen and oxygen atoms in total. The molecule has 0 bridgehead atoms. The summed E-state index contributed by atoms with van der Waals surface area (Å²) >= 11 is 2.89. The lowest BCUT2D eigenvalue weighted by atomic mass is 10.1. The number of piperidine rings is 1. The van der Waals surface area contributed by atoms with E-state index in [0.29, 0.717) is 17.5 Å². The zero-order chi connectivity index (χ0) is 19.9. The summed E-state index contributed by atoms with van der Waals surface area (Å²) in [6.07, 6.45) is 2.18. The fraction of sp³-hybridized carbons (Fsp3) is 0.556. The molecule has 1 aliphatic rings. The van der Waals surface area contributed by atoms with Crippen LogP contribution in [0.15, 0.2) is 22.7 Å². The highest BCUT2D eigenvalue weighted by atomic mass is 32.2. The molecule has 2 amide bonds. The van der Waals surface area contributed by atoms with Gasteiger partial charge in [0.25, 0.3) is 0 Å². The Hall–Kier alpha value is -1.91. The van der Waals surface area contributed by atoms with Gasteiger partial charge in [-0.25, -0.2) is 0 Å². The first-order valence-corrected chi connectivity index (χ1v) is 11.3. The number of carbonyl (C=O) groups excluding carboxylic acids is 2. The number of carbonyl (C=O) groups is 2. The van der Waals surface area contributed by atoms with Gasteiger partial charge in [-0.15, -0.1) is 21.5 Å². The van der Waals surface area contributed by atoms with E-state index in [1.54, 1.807) is 11.3 Å². The SMILES string of the molecule is CCN1CCC(NC(=O)CSc2nnc(-c3cccs3)n2CCC(N)=O)CC1. The summed E-state index contributed by atoms with van der Waals surface area (Å²) in [5.74, 6) is 0.596. The van der Waals surface area contributed by atoms with Crippen molar-refractivity contribution >= 4 is 34.9 Å². The summed E-state index contributed by atoms with van der Waals surface area (Å²) in [4.78, 5) is 27.0. The molecule has 152 valence electrons. The molecule has 1 saturated heterocycles. The van der Waals surface area contributed by atoms with Crippen LogP contribution in [0.2, 0.25) is 0 Å². The number of primary amides is 1. The van der Waals surface area contributed by atoms with Gasteiger partial charge in [0, 0.05) is 32.1 Å². The number of aromatic nitrogens is 3. The Labute approximate surface area is 172 Å². The van der Waals surface area contributed by atoms with Crippen LogP contribution in [0, 0.1) is 0 Å². The average Bonchev–Trinajstić information content (AvgIpc) is 3.34. The molecule has 0 spiro atoms. The second-order valence-electron chi connectivity index (χ2n) is 6.72. The molecule has 0 saturated carbocycles. The highest BCUT2D eigenvalue weighted by Gasteiger charge is 2.21. The number of nitrogens with one attached hydrogen (secondary N) is 1. The van der Waals surface area contributed by atoms with E-state index in [1.807, 2.05) is 22.1 Å². The molecule has 0 aliphatic carbocycles. The first-order chi connectivity index (χ1) is 13.6. The van der Waals surface area contributed by atoms with Gasteiger partial charge in [-0.3, -0.25) is 9.59 Å². The molecular weight excluding hydrogens is 396 g/mol. The van der Waals surface area contributed by atoms with Gasteiger partial charge in [-0.2, -0.15) is 0 Å². The Bertz CT molecular complexity index is 784. The van der Waals surface area contributed by atoms with E-state index < -0.39 is 0 Å². The minimum Gasteiger partial charge on any atom is -0.370 e. The van der Waals surface area contributed by atoms with Crippen molar-refractivity contribution in [3.63, 3.8) is 0 Å². The molecule has 28 heavy (non-hydrogen) atoms. The van der Waals surface area contributed by atoms with E-state index in [9.17, 15) is 9.59 Å². The number of amides is 2. The number of nitrogens with two attached hydrogens (primary N) is 1. The number of nitrogens with zero attached hydrogens (tertiary/aromatic N) is 4. The van der Waals surface area contributed by atoms with Crippen molar-refractivity contribution in [3.05, 3.63) is 17.5 Å². The summed E-state index contributed by atoms with van der Waals surface area (Å²) in [6, 6.07) is 4.14. The van der Waals surface area contributed by atoms with E-state index in [2.05, 4.69) is 27.3 Å². The third-order valence-corrected chi connectivity index (χ3v) is 6.61. The van der Waals surface area contributed by atoms with Crippen LogP contribution >= 0.6 is 23.1 Å². The summed E-state index contributed by atoms with van der Waals surface area (Å²) in [5.41, 5.74) is 5.31. The first kappa shape index (κ1) is 20.8. The highest BCUT2D eigenvalue weighted by molar-refractivity contribution is 7.99. The molecule has 3 N–H and O–H groups in total. The number of thioether (sulfide) groups is 1. The van der Waals surface area contributed by atoms with Gasteiger partial charge in [-0.05, 0) is 30.8 Å². The largest absolute Gasteiger partial charge is 0.370 e. The summed E-state index contributed by atoms with van der Waals surface area (Å²) in [5, 5.41) is 14.2. The molecule has 1 fully saturated rings. The minimum atomic E-state index is -0.377. The summed E-state index contributed by atoms with van der Waals surface area (Å²) in [6.45, 7) is 5.67. The molecule has 3 rings (SSSR count). The van der Waals surface area contributed by atoms with Gasteiger partial charge >= 0.3 is 0 Å². The quantitative estimate of drug-likeness (QED) is 0.594. The molecular formula is C18H26N6O2S2. The van der Waals surface area contributed by atoms with Gasteiger partial charge in [0.2, 0.25) is 11.8 Å². The van der Waals surface area contributed by atoms with Crippen LogP contribution in [0.25, 0.3) is 10.7 Å². The fourth-order valence-electron chi connectivity index (χ4n) is 3.20. The van der Waals surface area contributed by atoms with Crippen molar-refractivity contribution in [3.8, 4) is 10.7 Å². The van der Waals surface area contributed by atoms with Gasteiger partial charge in [0.1, 0.15) is 0 Å². The molecule has 2 aromatic heterocycles. The Morgan fingerprint density at radius 1 is 1.36 bits per heavy atom. The summed E-state index contributed by atoms with van der Waals surface area (Å²) in [7, 11) is 0. The van der Waals surface area contributed by atoms with E-state index in [0.717, 1.165) is 37.4 Å². The van der Waals surface area contributed by atoms with Gasteiger partial charge < -0.3 is 20.5 Å². The fourth-order valence-corrected chi connectivity index (χ4v) is 4.69. The summed E-state index contributed by atoms with van der Waals surface area (Å²) < 4.78 is 1.87. The zero-order valence-corrected chi connectivity index (χ0v) is 17.6. The zero-order valence-electron chi connectivity index (χ0n) is 16.0. The van der Waals surface area contributed by atoms with E-state index in [-0.39, 0.29) is 30.0 Å². The van der Waals surface area contributed by atoms with Crippen molar-refractivity contribution in [1.29, 1.82) is 0 Å². The number of likely N-dealkylation sites (tertiary alicyclic amines) is 1. The normalized spacial score (nSPS) is 15.6. The van der Waals surface area contributed by atoms with Crippen LogP contribution in [-0.2, 0) is 16.1 Å². The number of hydrogen-bond acceptors (Lipinski definition) is 7. The molecule has 10 heteroatoms. The maximum atomic E-state index is 12.4. The standard InChI is InChI=1S/C18H26N6O2S2/c1-2-23-8-5-13(6-9-23)20-16(26)12-28-18-22-21-17(14-4-3-11-27-14)24(18)10-7-15(19)25/h3-4,11,13H,2,5-10,12H2,1H3,(H2,19,25)(H,20,26). The van der Waals surface area contributed by atoms with Gasteiger partial charge in [-0.1, -0.05) is 24.8 Å². The number of rotatable bonds is 9. The van der Waals surface area contributed by atoms with Crippen molar-refractivity contribution in [2.24, 2.45) is 5.73 Å². The first-order valence-electron chi connectivity index (χ1n) is 9.46. The highest BCUT2D eigenvalue weighted by Crippen LogP contribution is 2.27. The molecule has 0 aromatic carbocycles. The van der Waals surface area contributed by atoms with Crippen LogP contribution in [0.3, 0.4) is 0 Å².